The molecule has 4 rings (SSSR count). The van der Waals surface area contributed by atoms with Crippen LogP contribution in [0.5, 0.6) is 5.88 Å². The van der Waals surface area contributed by atoms with Crippen LogP contribution in [-0.2, 0) is 4.79 Å². The molecule has 1 atom stereocenters. The lowest BCUT2D eigenvalue weighted by molar-refractivity contribution is -0.136. The maximum atomic E-state index is 12.7. The average Bonchev–Trinajstić information content (AvgIpc) is 3.11. The number of fused-ring (bicyclic) bond motifs is 1. The van der Waals surface area contributed by atoms with Gasteiger partial charge in [-0.1, -0.05) is 12.2 Å². The highest BCUT2D eigenvalue weighted by atomic mass is 16.5. The number of methoxy groups -OCH3 is 1. The molecular weight excluding hydrogens is 318 g/mol. The first-order valence-corrected chi connectivity index (χ1v) is 8.96. The van der Waals surface area contributed by atoms with Crippen LogP contribution < -0.4 is 4.74 Å². The number of hydrogen-bond donors (Lipinski definition) is 0. The van der Waals surface area contributed by atoms with E-state index < -0.39 is 0 Å². The van der Waals surface area contributed by atoms with E-state index in [2.05, 4.69) is 27.4 Å². The van der Waals surface area contributed by atoms with Crippen LogP contribution in [0.1, 0.15) is 43.8 Å². The Kier molecular flexibility index (Phi) is 4.38. The summed E-state index contributed by atoms with van der Waals surface area (Å²) < 4.78 is 6.97. The van der Waals surface area contributed by atoms with Gasteiger partial charge in [0.15, 0.2) is 11.5 Å². The van der Waals surface area contributed by atoms with Gasteiger partial charge in [0.1, 0.15) is 0 Å². The fourth-order valence-electron chi connectivity index (χ4n) is 3.79. The number of allylic oxidation sites excluding steroid dienone is 2. The zero-order valence-corrected chi connectivity index (χ0v) is 14.5. The van der Waals surface area contributed by atoms with Crippen molar-refractivity contribution in [2.45, 2.75) is 38.0 Å². The molecule has 7 nitrogen and oxygen atoms in total. The SMILES string of the molecule is COc1ccc2nnc(C3CCN(C(=O)C4CC=CCC4)CC3)n2n1. The molecule has 0 spiro atoms. The molecule has 1 aliphatic carbocycles. The highest BCUT2D eigenvalue weighted by molar-refractivity contribution is 5.79. The first-order chi connectivity index (χ1) is 12.3. The van der Waals surface area contributed by atoms with E-state index in [1.165, 1.54) is 0 Å². The predicted molar refractivity (Wildman–Crippen MR) is 92.4 cm³/mol. The molecule has 2 aliphatic rings. The monoisotopic (exact) mass is 341 g/mol. The number of hydrogen-bond acceptors (Lipinski definition) is 5. The van der Waals surface area contributed by atoms with Gasteiger partial charge in [-0.2, -0.15) is 4.52 Å². The third-order valence-corrected chi connectivity index (χ3v) is 5.26. The Morgan fingerprint density at radius 2 is 2.00 bits per heavy atom. The lowest BCUT2D eigenvalue weighted by Gasteiger charge is -2.34. The second-order valence-electron chi connectivity index (χ2n) is 6.78. The highest BCUT2D eigenvalue weighted by Crippen LogP contribution is 2.29. The van der Waals surface area contributed by atoms with Crippen LogP contribution in [0.3, 0.4) is 0 Å². The number of rotatable bonds is 3. The van der Waals surface area contributed by atoms with Crippen molar-refractivity contribution in [3.05, 3.63) is 30.1 Å². The Morgan fingerprint density at radius 1 is 1.16 bits per heavy atom. The molecular formula is C18H23N5O2. The maximum absolute atomic E-state index is 12.7. The largest absolute Gasteiger partial charge is 0.480 e. The normalized spacial score (nSPS) is 21.6. The van der Waals surface area contributed by atoms with Crippen LogP contribution in [0.4, 0.5) is 0 Å². The fraction of sp³-hybridized carbons (Fsp3) is 0.556. The third kappa shape index (κ3) is 3.10. The predicted octanol–water partition coefficient (Wildman–Crippen LogP) is 2.20. The Hall–Kier alpha value is -2.44. The summed E-state index contributed by atoms with van der Waals surface area (Å²) in [6.45, 7) is 1.56. The van der Waals surface area contributed by atoms with E-state index in [0.29, 0.717) is 11.8 Å². The summed E-state index contributed by atoms with van der Waals surface area (Å²) in [6, 6.07) is 3.64. The second-order valence-corrected chi connectivity index (χ2v) is 6.78. The lowest BCUT2D eigenvalue weighted by Crippen LogP contribution is -2.41. The minimum Gasteiger partial charge on any atom is -0.480 e. The van der Waals surface area contributed by atoms with Gasteiger partial charge in [-0.05, 0) is 38.2 Å². The average molecular weight is 341 g/mol. The number of likely N-dealkylation sites (tertiary alicyclic amines) is 1. The zero-order valence-electron chi connectivity index (χ0n) is 14.5. The molecule has 1 aliphatic heterocycles. The molecule has 0 saturated carbocycles. The van der Waals surface area contributed by atoms with Crippen LogP contribution in [0.2, 0.25) is 0 Å². The van der Waals surface area contributed by atoms with Crippen molar-refractivity contribution in [1.29, 1.82) is 0 Å². The minimum absolute atomic E-state index is 0.168. The number of aromatic nitrogens is 4. The Morgan fingerprint density at radius 3 is 2.72 bits per heavy atom. The summed E-state index contributed by atoms with van der Waals surface area (Å²) in [5.41, 5.74) is 0.725. The maximum Gasteiger partial charge on any atom is 0.231 e. The molecule has 3 heterocycles. The van der Waals surface area contributed by atoms with Crippen molar-refractivity contribution < 1.29 is 9.53 Å². The molecule has 0 bridgehead atoms. The molecule has 0 radical (unpaired) electrons. The molecule has 1 amide bonds. The first-order valence-electron chi connectivity index (χ1n) is 8.96. The Balaban J connectivity index is 1.45. The van der Waals surface area contributed by atoms with E-state index in [9.17, 15) is 4.79 Å². The number of carbonyl (C=O) groups is 1. The van der Waals surface area contributed by atoms with Gasteiger partial charge in [0.25, 0.3) is 0 Å². The van der Waals surface area contributed by atoms with Crippen molar-refractivity contribution in [2.75, 3.05) is 20.2 Å². The van der Waals surface area contributed by atoms with Crippen molar-refractivity contribution in [3.8, 4) is 5.88 Å². The molecule has 132 valence electrons. The van der Waals surface area contributed by atoms with E-state index in [4.69, 9.17) is 4.74 Å². The van der Waals surface area contributed by atoms with Crippen LogP contribution in [0, 0.1) is 5.92 Å². The van der Waals surface area contributed by atoms with Crippen LogP contribution in [-0.4, -0.2) is 50.8 Å². The van der Waals surface area contributed by atoms with Gasteiger partial charge in [-0.25, -0.2) is 0 Å². The van der Waals surface area contributed by atoms with E-state index in [1.54, 1.807) is 17.7 Å². The zero-order chi connectivity index (χ0) is 17.2. The molecule has 0 aromatic carbocycles. The van der Waals surface area contributed by atoms with Crippen LogP contribution in [0.15, 0.2) is 24.3 Å². The van der Waals surface area contributed by atoms with Gasteiger partial charge in [0, 0.05) is 31.0 Å². The summed E-state index contributed by atoms with van der Waals surface area (Å²) in [4.78, 5) is 14.7. The number of amides is 1. The molecule has 2 aromatic rings. The number of piperidine rings is 1. The standard InChI is InChI=1S/C18H23N5O2/c1-25-16-8-7-15-19-20-17(23(15)21-16)13-9-11-22(12-10-13)18(24)14-5-3-2-4-6-14/h2-3,7-8,13-14H,4-6,9-12H2,1H3. The van der Waals surface area contributed by atoms with Gasteiger partial charge in [0.2, 0.25) is 11.8 Å². The fourth-order valence-corrected chi connectivity index (χ4v) is 3.79. The quantitative estimate of drug-likeness (QED) is 0.800. The van der Waals surface area contributed by atoms with E-state index in [-0.39, 0.29) is 11.8 Å². The number of ether oxygens (including phenoxy) is 1. The number of carbonyl (C=O) groups excluding carboxylic acids is 1. The van der Waals surface area contributed by atoms with Gasteiger partial charge >= 0.3 is 0 Å². The smallest absolute Gasteiger partial charge is 0.231 e. The molecule has 1 unspecified atom stereocenters. The van der Waals surface area contributed by atoms with Gasteiger partial charge in [-0.15, -0.1) is 15.3 Å². The minimum atomic E-state index is 0.168. The van der Waals surface area contributed by atoms with Crippen molar-refractivity contribution >= 4 is 11.6 Å². The summed E-state index contributed by atoms with van der Waals surface area (Å²) in [7, 11) is 1.60. The number of nitrogens with zero attached hydrogens (tertiary/aromatic N) is 5. The molecule has 25 heavy (non-hydrogen) atoms. The van der Waals surface area contributed by atoms with E-state index >= 15 is 0 Å². The third-order valence-electron chi connectivity index (χ3n) is 5.26. The van der Waals surface area contributed by atoms with Crippen molar-refractivity contribution in [1.82, 2.24) is 24.7 Å². The summed E-state index contributed by atoms with van der Waals surface area (Å²) in [5, 5.41) is 13.0. The molecule has 7 heteroatoms. The summed E-state index contributed by atoms with van der Waals surface area (Å²) in [6.07, 6.45) is 8.99. The van der Waals surface area contributed by atoms with Crippen molar-refractivity contribution in [3.63, 3.8) is 0 Å². The van der Waals surface area contributed by atoms with Crippen LogP contribution >= 0.6 is 0 Å². The van der Waals surface area contributed by atoms with Gasteiger partial charge < -0.3 is 9.64 Å². The van der Waals surface area contributed by atoms with Crippen LogP contribution in [0.25, 0.3) is 5.65 Å². The Labute approximate surface area is 146 Å². The van der Waals surface area contributed by atoms with E-state index in [0.717, 1.165) is 56.7 Å². The topological polar surface area (TPSA) is 72.6 Å². The highest BCUT2D eigenvalue weighted by Gasteiger charge is 2.30. The molecule has 1 fully saturated rings. The molecule has 1 saturated heterocycles. The Bertz CT molecular complexity index is 792. The first kappa shape index (κ1) is 16.1. The van der Waals surface area contributed by atoms with Crippen molar-refractivity contribution in [2.24, 2.45) is 5.92 Å². The van der Waals surface area contributed by atoms with Gasteiger partial charge in [-0.3, -0.25) is 4.79 Å². The molecule has 0 N–H and O–H groups in total. The lowest BCUT2D eigenvalue weighted by atomic mass is 9.90. The molecule has 2 aromatic heterocycles. The van der Waals surface area contributed by atoms with Gasteiger partial charge in [0.05, 0.1) is 7.11 Å². The summed E-state index contributed by atoms with van der Waals surface area (Å²) in [5.74, 6) is 2.16. The second kappa shape index (κ2) is 6.82. The summed E-state index contributed by atoms with van der Waals surface area (Å²) >= 11 is 0. The van der Waals surface area contributed by atoms with E-state index in [1.807, 2.05) is 11.0 Å².